The summed E-state index contributed by atoms with van der Waals surface area (Å²) in [5.41, 5.74) is 0.862. The van der Waals surface area contributed by atoms with Crippen LogP contribution in [0, 0.1) is 0 Å². The zero-order valence-corrected chi connectivity index (χ0v) is 17.3. The number of hydrogen-bond acceptors (Lipinski definition) is 2. The minimum absolute atomic E-state index is 0.294. The second-order valence-corrected chi connectivity index (χ2v) is 8.29. The van der Waals surface area contributed by atoms with Gasteiger partial charge < -0.3 is 0 Å². The zero-order valence-electron chi connectivity index (χ0n) is 16.5. The van der Waals surface area contributed by atoms with Gasteiger partial charge in [0.15, 0.2) is 5.78 Å². The van der Waals surface area contributed by atoms with Crippen LogP contribution in [0.25, 0.3) is 0 Å². The lowest BCUT2D eigenvalue weighted by Gasteiger charge is -2.13. The van der Waals surface area contributed by atoms with Crippen molar-refractivity contribution in [3.8, 4) is 0 Å². The number of Topliss-reactive ketones (excluding diaryl/α,β-unsaturated/α-hetero) is 1. The van der Waals surface area contributed by atoms with Crippen molar-refractivity contribution in [2.75, 3.05) is 6.26 Å². The first-order valence-electron chi connectivity index (χ1n) is 10.4. The van der Waals surface area contributed by atoms with E-state index in [0.717, 1.165) is 12.0 Å². The molecule has 0 radical (unpaired) electrons. The summed E-state index contributed by atoms with van der Waals surface area (Å²) in [5.74, 6) is 0.294. The summed E-state index contributed by atoms with van der Waals surface area (Å²) in [6, 6.07) is 9.72. The van der Waals surface area contributed by atoms with Crippen LogP contribution in [0.1, 0.15) is 101 Å². The average molecular weight is 363 g/mol. The Labute approximate surface area is 160 Å². The van der Waals surface area contributed by atoms with Crippen molar-refractivity contribution in [1.82, 2.24) is 0 Å². The van der Waals surface area contributed by atoms with Gasteiger partial charge in [0.1, 0.15) is 0 Å². The molecule has 0 aliphatic rings. The van der Waals surface area contributed by atoms with Crippen LogP contribution in [-0.2, 0) is 0 Å². The van der Waals surface area contributed by atoms with E-state index in [2.05, 4.69) is 13.2 Å². The number of carbonyl (C=O) groups is 1. The maximum atomic E-state index is 12.2. The van der Waals surface area contributed by atoms with Crippen LogP contribution in [0.4, 0.5) is 0 Å². The molecular formula is C23H38OS. The summed E-state index contributed by atoms with van der Waals surface area (Å²) in [6.07, 6.45) is 19.1. The second kappa shape index (κ2) is 15.5. The number of carbonyl (C=O) groups excluding carboxylic acids is 1. The summed E-state index contributed by atoms with van der Waals surface area (Å²) < 4.78 is 0. The van der Waals surface area contributed by atoms with E-state index in [-0.39, 0.29) is 0 Å². The summed E-state index contributed by atoms with van der Waals surface area (Å²) >= 11 is 1.93. The normalized spacial score (nSPS) is 12.2. The molecule has 1 aromatic rings. The van der Waals surface area contributed by atoms with Gasteiger partial charge in [0.25, 0.3) is 0 Å². The number of ketones is 1. The van der Waals surface area contributed by atoms with Gasteiger partial charge in [0, 0.05) is 17.2 Å². The van der Waals surface area contributed by atoms with Crippen LogP contribution in [-0.4, -0.2) is 17.3 Å². The third-order valence-electron chi connectivity index (χ3n) is 5.00. The predicted molar refractivity (Wildman–Crippen MR) is 114 cm³/mol. The Morgan fingerprint density at radius 2 is 1.40 bits per heavy atom. The molecule has 0 saturated carbocycles. The Hall–Kier alpha value is -0.760. The van der Waals surface area contributed by atoms with E-state index in [9.17, 15) is 4.79 Å². The van der Waals surface area contributed by atoms with Crippen LogP contribution >= 0.6 is 11.8 Å². The summed E-state index contributed by atoms with van der Waals surface area (Å²) in [7, 11) is 0. The van der Waals surface area contributed by atoms with Crippen molar-refractivity contribution in [1.29, 1.82) is 0 Å². The van der Waals surface area contributed by atoms with Gasteiger partial charge >= 0.3 is 0 Å². The molecule has 1 aromatic carbocycles. The fourth-order valence-corrected chi connectivity index (χ4v) is 4.06. The van der Waals surface area contributed by atoms with Gasteiger partial charge in [-0.05, 0) is 19.1 Å². The molecule has 1 nitrogen and oxygen atoms in total. The molecule has 0 aliphatic carbocycles. The molecule has 0 amide bonds. The van der Waals surface area contributed by atoms with Crippen LogP contribution in [0.5, 0.6) is 0 Å². The van der Waals surface area contributed by atoms with Gasteiger partial charge in [-0.2, -0.15) is 11.8 Å². The lowest BCUT2D eigenvalue weighted by Crippen LogP contribution is -2.07. The monoisotopic (exact) mass is 362 g/mol. The standard InChI is InChI=1S/C23H38OS/c1-3-4-5-6-7-8-9-10-11-15-18-22(25-2)19-20-23(24)21-16-13-12-14-17-21/h12-14,16-17,22H,3-11,15,18-20H2,1-2H3. The van der Waals surface area contributed by atoms with Crippen molar-refractivity contribution < 1.29 is 4.79 Å². The third-order valence-corrected chi connectivity index (χ3v) is 6.14. The summed E-state index contributed by atoms with van der Waals surface area (Å²) in [6.45, 7) is 2.28. The van der Waals surface area contributed by atoms with Gasteiger partial charge in [0.05, 0.1) is 0 Å². The topological polar surface area (TPSA) is 17.1 Å². The largest absolute Gasteiger partial charge is 0.294 e. The van der Waals surface area contributed by atoms with Gasteiger partial charge in [0.2, 0.25) is 0 Å². The minimum atomic E-state index is 0.294. The van der Waals surface area contributed by atoms with E-state index >= 15 is 0 Å². The van der Waals surface area contributed by atoms with E-state index in [1.54, 1.807) is 0 Å². The highest BCUT2D eigenvalue weighted by molar-refractivity contribution is 7.99. The molecule has 25 heavy (non-hydrogen) atoms. The molecule has 142 valence electrons. The molecule has 0 aliphatic heterocycles. The Morgan fingerprint density at radius 1 is 0.840 bits per heavy atom. The maximum Gasteiger partial charge on any atom is 0.162 e. The molecule has 1 atom stereocenters. The highest BCUT2D eigenvalue weighted by Gasteiger charge is 2.11. The van der Waals surface area contributed by atoms with E-state index in [4.69, 9.17) is 0 Å². The number of hydrogen-bond donors (Lipinski definition) is 0. The van der Waals surface area contributed by atoms with Crippen molar-refractivity contribution in [3.05, 3.63) is 35.9 Å². The van der Waals surface area contributed by atoms with Gasteiger partial charge in [-0.15, -0.1) is 0 Å². The molecule has 0 bridgehead atoms. The Morgan fingerprint density at radius 3 is 1.96 bits per heavy atom. The lowest BCUT2D eigenvalue weighted by atomic mass is 10.0. The maximum absolute atomic E-state index is 12.2. The molecule has 0 fully saturated rings. The smallest absolute Gasteiger partial charge is 0.162 e. The number of thioether (sulfide) groups is 1. The quantitative estimate of drug-likeness (QED) is 0.221. The molecule has 1 rings (SSSR count). The van der Waals surface area contributed by atoms with E-state index in [0.29, 0.717) is 17.5 Å². The highest BCUT2D eigenvalue weighted by atomic mass is 32.2. The van der Waals surface area contributed by atoms with E-state index < -0.39 is 0 Å². The van der Waals surface area contributed by atoms with Crippen LogP contribution < -0.4 is 0 Å². The zero-order chi connectivity index (χ0) is 18.2. The molecular weight excluding hydrogens is 324 g/mol. The van der Waals surface area contributed by atoms with Crippen LogP contribution in [0.15, 0.2) is 30.3 Å². The second-order valence-electron chi connectivity index (χ2n) is 7.16. The van der Waals surface area contributed by atoms with Gasteiger partial charge in [-0.3, -0.25) is 4.79 Å². The fourth-order valence-electron chi connectivity index (χ4n) is 3.30. The summed E-state index contributed by atoms with van der Waals surface area (Å²) in [5, 5.41) is 0.640. The Kier molecular flexibility index (Phi) is 13.8. The van der Waals surface area contributed by atoms with E-state index in [1.165, 1.54) is 70.6 Å². The highest BCUT2D eigenvalue weighted by Crippen LogP contribution is 2.22. The first-order chi connectivity index (χ1) is 12.3. The first-order valence-corrected chi connectivity index (χ1v) is 11.7. The molecule has 0 aromatic heterocycles. The Bertz CT molecular complexity index is 429. The minimum Gasteiger partial charge on any atom is -0.294 e. The molecule has 0 saturated heterocycles. The SMILES string of the molecule is CCCCCCCCCCCCC(CCC(=O)c1ccccc1)SC. The molecule has 0 N–H and O–H groups in total. The van der Waals surface area contributed by atoms with E-state index in [1.807, 2.05) is 42.1 Å². The fraction of sp³-hybridized carbons (Fsp3) is 0.696. The van der Waals surface area contributed by atoms with Crippen LogP contribution in [0.2, 0.25) is 0 Å². The molecule has 0 spiro atoms. The van der Waals surface area contributed by atoms with Crippen molar-refractivity contribution in [2.45, 2.75) is 95.6 Å². The number of benzene rings is 1. The average Bonchev–Trinajstić information content (AvgIpc) is 2.66. The number of rotatable bonds is 16. The Balaban J connectivity index is 2.02. The van der Waals surface area contributed by atoms with Gasteiger partial charge in [-0.1, -0.05) is 101 Å². The molecule has 1 unspecified atom stereocenters. The van der Waals surface area contributed by atoms with Crippen molar-refractivity contribution in [2.24, 2.45) is 0 Å². The number of unbranched alkanes of at least 4 members (excludes halogenated alkanes) is 9. The molecule has 0 heterocycles. The predicted octanol–water partition coefficient (Wildman–Crippen LogP) is 7.69. The van der Waals surface area contributed by atoms with Crippen LogP contribution in [0.3, 0.4) is 0 Å². The third kappa shape index (κ3) is 11.5. The lowest BCUT2D eigenvalue weighted by molar-refractivity contribution is 0.0979. The summed E-state index contributed by atoms with van der Waals surface area (Å²) in [4.78, 5) is 12.2. The first kappa shape index (κ1) is 22.3. The van der Waals surface area contributed by atoms with Crippen molar-refractivity contribution >= 4 is 17.5 Å². The molecule has 2 heteroatoms. The van der Waals surface area contributed by atoms with Crippen molar-refractivity contribution in [3.63, 3.8) is 0 Å². The van der Waals surface area contributed by atoms with Gasteiger partial charge in [-0.25, -0.2) is 0 Å².